The van der Waals surface area contributed by atoms with E-state index in [0.717, 1.165) is 17.5 Å². The van der Waals surface area contributed by atoms with Crippen molar-refractivity contribution in [3.63, 3.8) is 0 Å². The summed E-state index contributed by atoms with van der Waals surface area (Å²) in [7, 11) is 0. The summed E-state index contributed by atoms with van der Waals surface area (Å²) in [5, 5.41) is 4.61. The summed E-state index contributed by atoms with van der Waals surface area (Å²) in [4.78, 5) is 0. The summed E-state index contributed by atoms with van der Waals surface area (Å²) in [5.41, 5.74) is 8.03. The highest BCUT2D eigenvalue weighted by Gasteiger charge is 2.35. The first-order chi connectivity index (χ1) is 9.65. The maximum absolute atomic E-state index is 5.99. The molecule has 3 nitrogen and oxygen atoms in total. The van der Waals surface area contributed by atoms with E-state index in [0.29, 0.717) is 24.0 Å². The lowest BCUT2D eigenvalue weighted by Crippen LogP contribution is -2.36. The number of rotatable bonds is 5. The summed E-state index contributed by atoms with van der Waals surface area (Å²) in [6.45, 7) is 5.54. The minimum Gasteiger partial charge on any atom is -0.309 e. The van der Waals surface area contributed by atoms with E-state index < -0.39 is 0 Å². The number of nitrogens with one attached hydrogen (secondary N) is 3. The largest absolute Gasteiger partial charge is 0.309 e. The number of benzene rings is 1. The first kappa shape index (κ1) is 17.0. The van der Waals surface area contributed by atoms with Crippen molar-refractivity contribution in [1.82, 2.24) is 16.2 Å². The Morgan fingerprint density at radius 3 is 2.24 bits per heavy atom. The molecular formula is C16H25Cl2N3. The quantitative estimate of drug-likeness (QED) is 0.775. The van der Waals surface area contributed by atoms with Crippen molar-refractivity contribution in [2.24, 2.45) is 11.8 Å². The molecule has 0 amide bonds. The molecule has 1 aliphatic heterocycles. The van der Waals surface area contributed by atoms with Crippen LogP contribution in [0, 0.1) is 11.8 Å². The summed E-state index contributed by atoms with van der Waals surface area (Å²) in [6, 6.07) is 9.83. The Kier molecular flexibility index (Phi) is 5.92. The van der Waals surface area contributed by atoms with Gasteiger partial charge in [0.15, 0.2) is 0 Å². The Hall–Kier alpha value is -0.320. The van der Waals surface area contributed by atoms with Gasteiger partial charge in [-0.05, 0) is 50.3 Å². The van der Waals surface area contributed by atoms with E-state index in [4.69, 9.17) is 11.6 Å². The van der Waals surface area contributed by atoms with Gasteiger partial charge in [0, 0.05) is 35.6 Å². The molecule has 1 heterocycles. The van der Waals surface area contributed by atoms with Crippen LogP contribution in [0.25, 0.3) is 0 Å². The number of hydrogen-bond acceptors (Lipinski definition) is 3. The third-order valence-electron chi connectivity index (χ3n) is 4.72. The molecule has 1 aromatic rings. The van der Waals surface area contributed by atoms with Gasteiger partial charge in [0.2, 0.25) is 0 Å². The average molecular weight is 330 g/mol. The monoisotopic (exact) mass is 329 g/mol. The van der Waals surface area contributed by atoms with Gasteiger partial charge in [-0.2, -0.15) is 0 Å². The van der Waals surface area contributed by atoms with Crippen molar-refractivity contribution in [2.45, 2.75) is 44.8 Å². The zero-order valence-corrected chi connectivity index (χ0v) is 14.2. The van der Waals surface area contributed by atoms with E-state index in [1.807, 2.05) is 12.1 Å². The van der Waals surface area contributed by atoms with Crippen LogP contribution < -0.4 is 16.2 Å². The zero-order valence-electron chi connectivity index (χ0n) is 12.6. The lowest BCUT2D eigenvalue weighted by atomic mass is 9.95. The molecule has 2 aliphatic rings. The van der Waals surface area contributed by atoms with E-state index in [9.17, 15) is 0 Å². The molecule has 3 rings (SSSR count). The maximum Gasteiger partial charge on any atom is 0.0406 e. The number of hydrogen-bond donors (Lipinski definition) is 3. The fourth-order valence-electron chi connectivity index (χ4n) is 3.18. The SMILES string of the molecule is CC1NNC(C)C1CNC(c1ccc(Cl)cc1)C1CC1.Cl. The fourth-order valence-corrected chi connectivity index (χ4v) is 3.31. The molecule has 1 aromatic carbocycles. The van der Waals surface area contributed by atoms with Gasteiger partial charge in [-0.15, -0.1) is 12.4 Å². The van der Waals surface area contributed by atoms with Crippen molar-refractivity contribution in [3.8, 4) is 0 Å². The first-order valence-corrected chi connectivity index (χ1v) is 8.03. The molecule has 1 saturated heterocycles. The molecular weight excluding hydrogens is 305 g/mol. The molecule has 1 saturated carbocycles. The molecule has 0 spiro atoms. The highest BCUT2D eigenvalue weighted by atomic mass is 35.5. The predicted molar refractivity (Wildman–Crippen MR) is 90.9 cm³/mol. The highest BCUT2D eigenvalue weighted by Crippen LogP contribution is 2.41. The second-order valence-corrected chi connectivity index (χ2v) is 6.74. The number of halogens is 2. The van der Waals surface area contributed by atoms with E-state index >= 15 is 0 Å². The second-order valence-electron chi connectivity index (χ2n) is 6.30. The van der Waals surface area contributed by atoms with E-state index in [2.05, 4.69) is 42.1 Å². The Labute approximate surface area is 138 Å². The molecule has 0 bridgehead atoms. The average Bonchev–Trinajstić information content (AvgIpc) is 3.22. The lowest BCUT2D eigenvalue weighted by molar-refractivity contribution is 0.369. The van der Waals surface area contributed by atoms with E-state index in [1.165, 1.54) is 18.4 Å². The maximum atomic E-state index is 5.99. The Morgan fingerprint density at radius 2 is 1.71 bits per heavy atom. The van der Waals surface area contributed by atoms with Gasteiger partial charge < -0.3 is 5.32 Å². The second kappa shape index (κ2) is 7.30. The van der Waals surface area contributed by atoms with Gasteiger partial charge in [0.1, 0.15) is 0 Å². The molecule has 3 N–H and O–H groups in total. The zero-order chi connectivity index (χ0) is 14.1. The molecule has 118 valence electrons. The molecule has 0 radical (unpaired) electrons. The topological polar surface area (TPSA) is 36.1 Å². The van der Waals surface area contributed by atoms with Gasteiger partial charge in [-0.3, -0.25) is 10.9 Å². The van der Waals surface area contributed by atoms with Crippen LogP contribution in [0.5, 0.6) is 0 Å². The third kappa shape index (κ3) is 4.11. The highest BCUT2D eigenvalue weighted by molar-refractivity contribution is 6.30. The molecule has 1 aliphatic carbocycles. The molecule has 5 heteroatoms. The Morgan fingerprint density at radius 1 is 1.14 bits per heavy atom. The predicted octanol–water partition coefficient (Wildman–Crippen LogP) is 3.30. The van der Waals surface area contributed by atoms with Crippen molar-refractivity contribution in [3.05, 3.63) is 34.9 Å². The van der Waals surface area contributed by atoms with E-state index in [-0.39, 0.29) is 12.4 Å². The molecule has 3 atom stereocenters. The van der Waals surface area contributed by atoms with Gasteiger partial charge in [-0.1, -0.05) is 23.7 Å². The normalized spacial score (nSPS) is 30.0. The van der Waals surface area contributed by atoms with Crippen molar-refractivity contribution >= 4 is 24.0 Å². The summed E-state index contributed by atoms with van der Waals surface area (Å²) < 4.78 is 0. The van der Waals surface area contributed by atoms with Crippen LogP contribution >= 0.6 is 24.0 Å². The van der Waals surface area contributed by atoms with Gasteiger partial charge in [0.05, 0.1) is 0 Å². The first-order valence-electron chi connectivity index (χ1n) is 7.65. The lowest BCUT2D eigenvalue weighted by Gasteiger charge is -2.24. The Balaban J connectivity index is 0.00000161. The van der Waals surface area contributed by atoms with Crippen LogP contribution in [0.2, 0.25) is 5.02 Å². The smallest absolute Gasteiger partial charge is 0.0406 e. The third-order valence-corrected chi connectivity index (χ3v) is 4.97. The molecule has 3 unspecified atom stereocenters. The molecule has 0 aromatic heterocycles. The summed E-state index contributed by atoms with van der Waals surface area (Å²) in [5.74, 6) is 1.42. The van der Waals surface area contributed by atoms with Crippen LogP contribution in [-0.4, -0.2) is 18.6 Å². The minimum absolute atomic E-state index is 0. The van der Waals surface area contributed by atoms with Gasteiger partial charge >= 0.3 is 0 Å². The van der Waals surface area contributed by atoms with Gasteiger partial charge in [0.25, 0.3) is 0 Å². The van der Waals surface area contributed by atoms with Gasteiger partial charge in [-0.25, -0.2) is 0 Å². The molecule has 2 fully saturated rings. The van der Waals surface area contributed by atoms with Crippen LogP contribution in [-0.2, 0) is 0 Å². The number of hydrazine groups is 1. The van der Waals surface area contributed by atoms with Crippen LogP contribution in [0.4, 0.5) is 0 Å². The van der Waals surface area contributed by atoms with E-state index in [1.54, 1.807) is 0 Å². The summed E-state index contributed by atoms with van der Waals surface area (Å²) >= 11 is 5.99. The fraction of sp³-hybridized carbons (Fsp3) is 0.625. The van der Waals surface area contributed by atoms with Crippen molar-refractivity contribution < 1.29 is 0 Å². The van der Waals surface area contributed by atoms with Crippen LogP contribution in [0.15, 0.2) is 24.3 Å². The van der Waals surface area contributed by atoms with Crippen molar-refractivity contribution in [2.75, 3.05) is 6.54 Å². The Bertz CT molecular complexity index is 437. The van der Waals surface area contributed by atoms with Crippen LogP contribution in [0.3, 0.4) is 0 Å². The van der Waals surface area contributed by atoms with Crippen molar-refractivity contribution in [1.29, 1.82) is 0 Å². The summed E-state index contributed by atoms with van der Waals surface area (Å²) in [6.07, 6.45) is 2.68. The van der Waals surface area contributed by atoms with Crippen LogP contribution in [0.1, 0.15) is 38.3 Å². The molecule has 21 heavy (non-hydrogen) atoms. The minimum atomic E-state index is 0. The standard InChI is InChI=1S/C16H24ClN3.ClH/c1-10-15(11(2)20-19-10)9-18-16(12-3-4-12)13-5-7-14(17)8-6-13;/h5-8,10-12,15-16,18-20H,3-4,9H2,1-2H3;1H.